The monoisotopic (exact) mass is 235 g/mol. The number of hydrogen-bond acceptors (Lipinski definition) is 1. The van der Waals surface area contributed by atoms with Crippen LogP contribution in [0.3, 0.4) is 0 Å². The van der Waals surface area contributed by atoms with Gasteiger partial charge >= 0.3 is 0 Å². The molecule has 90 valence electrons. The zero-order valence-electron chi connectivity index (χ0n) is 10.3. The van der Waals surface area contributed by atoms with Crippen molar-refractivity contribution in [3.63, 3.8) is 0 Å². The molecule has 0 unspecified atom stereocenters. The molecule has 2 rings (SSSR count). The van der Waals surface area contributed by atoms with Crippen LogP contribution in [-0.4, -0.2) is 0 Å². The molecule has 0 bridgehead atoms. The van der Waals surface area contributed by atoms with E-state index in [1.165, 1.54) is 5.56 Å². The van der Waals surface area contributed by atoms with Crippen LogP contribution in [0.1, 0.15) is 17.2 Å². The van der Waals surface area contributed by atoms with E-state index >= 15 is 0 Å². The predicted molar refractivity (Wildman–Crippen MR) is 79.5 cm³/mol. The summed E-state index contributed by atoms with van der Waals surface area (Å²) in [4.78, 5) is 0. The molecule has 18 heavy (non-hydrogen) atoms. The molecule has 0 fully saturated rings. The summed E-state index contributed by atoms with van der Waals surface area (Å²) in [5.74, 6) is 0. The lowest BCUT2D eigenvalue weighted by Crippen LogP contribution is -2.08. The minimum absolute atomic E-state index is 0.104. The Labute approximate surface area is 108 Å². The van der Waals surface area contributed by atoms with Gasteiger partial charge in [0.15, 0.2) is 0 Å². The molecule has 0 aliphatic heterocycles. The highest BCUT2D eigenvalue weighted by atomic mass is 14.9. The Morgan fingerprint density at radius 1 is 0.889 bits per heavy atom. The lowest BCUT2D eigenvalue weighted by atomic mass is 10.1. The van der Waals surface area contributed by atoms with E-state index in [-0.39, 0.29) is 6.04 Å². The van der Waals surface area contributed by atoms with Gasteiger partial charge < -0.3 is 5.32 Å². The number of hydrogen-bond donors (Lipinski definition) is 1. The topological polar surface area (TPSA) is 12.0 Å². The Kier molecular flexibility index (Phi) is 3.98. The highest BCUT2D eigenvalue weighted by molar-refractivity contribution is 5.66. The van der Waals surface area contributed by atoms with E-state index in [1.807, 2.05) is 48.6 Å². The highest BCUT2D eigenvalue weighted by Gasteiger charge is 2.07. The SMILES string of the molecule is C=Cc1ccccc1N[C@@H](C=C)c1ccccc1. The Balaban J connectivity index is 2.26. The molecule has 0 aliphatic rings. The molecule has 1 N–H and O–H groups in total. The maximum Gasteiger partial charge on any atom is 0.0695 e. The number of para-hydroxylation sites is 1. The molecule has 2 aromatic rings. The largest absolute Gasteiger partial charge is 0.374 e. The average Bonchev–Trinajstić information content (AvgIpc) is 2.46. The highest BCUT2D eigenvalue weighted by Crippen LogP contribution is 2.23. The fraction of sp³-hybridized carbons (Fsp3) is 0.0588. The van der Waals surface area contributed by atoms with Crippen molar-refractivity contribution >= 4 is 11.8 Å². The van der Waals surface area contributed by atoms with Crippen molar-refractivity contribution in [2.24, 2.45) is 0 Å². The average molecular weight is 235 g/mol. The summed E-state index contributed by atoms with van der Waals surface area (Å²) < 4.78 is 0. The molecule has 0 saturated carbocycles. The van der Waals surface area contributed by atoms with Crippen LogP contribution in [0.15, 0.2) is 73.8 Å². The van der Waals surface area contributed by atoms with Crippen molar-refractivity contribution in [3.05, 3.63) is 85.0 Å². The van der Waals surface area contributed by atoms with Crippen LogP contribution in [0, 0.1) is 0 Å². The van der Waals surface area contributed by atoms with E-state index in [2.05, 4.69) is 36.7 Å². The second kappa shape index (κ2) is 5.87. The smallest absolute Gasteiger partial charge is 0.0695 e. The summed E-state index contributed by atoms with van der Waals surface area (Å²) in [5, 5.41) is 3.48. The van der Waals surface area contributed by atoms with E-state index in [0.717, 1.165) is 11.3 Å². The van der Waals surface area contributed by atoms with Crippen LogP contribution in [0.4, 0.5) is 5.69 Å². The van der Waals surface area contributed by atoms with E-state index < -0.39 is 0 Å². The molecular formula is C17H17N. The Hall–Kier alpha value is -2.28. The summed E-state index contributed by atoms with van der Waals surface area (Å²) in [6.45, 7) is 7.73. The first-order valence-corrected chi connectivity index (χ1v) is 6.00. The van der Waals surface area contributed by atoms with Gasteiger partial charge in [-0.15, -0.1) is 6.58 Å². The second-order valence-corrected chi connectivity index (χ2v) is 4.06. The first kappa shape index (κ1) is 12.2. The van der Waals surface area contributed by atoms with Crippen LogP contribution >= 0.6 is 0 Å². The molecule has 0 saturated heterocycles. The van der Waals surface area contributed by atoms with Gasteiger partial charge in [0.25, 0.3) is 0 Å². The van der Waals surface area contributed by atoms with E-state index in [0.29, 0.717) is 0 Å². The summed E-state index contributed by atoms with van der Waals surface area (Å²) in [5.41, 5.74) is 3.37. The molecule has 0 heterocycles. The van der Waals surface area contributed by atoms with Crippen LogP contribution < -0.4 is 5.32 Å². The Bertz CT molecular complexity index is 528. The number of anilines is 1. The van der Waals surface area contributed by atoms with Gasteiger partial charge in [0, 0.05) is 5.69 Å². The van der Waals surface area contributed by atoms with Crippen LogP contribution in [0.25, 0.3) is 6.08 Å². The maximum absolute atomic E-state index is 3.90. The van der Waals surface area contributed by atoms with Gasteiger partial charge in [-0.1, -0.05) is 67.3 Å². The fourth-order valence-corrected chi connectivity index (χ4v) is 1.91. The first-order chi connectivity index (χ1) is 8.85. The summed E-state index contributed by atoms with van der Waals surface area (Å²) in [7, 11) is 0. The molecule has 2 aromatic carbocycles. The number of rotatable bonds is 5. The van der Waals surface area contributed by atoms with E-state index in [4.69, 9.17) is 0 Å². The van der Waals surface area contributed by atoms with Crippen molar-refractivity contribution in [3.8, 4) is 0 Å². The van der Waals surface area contributed by atoms with Crippen molar-refractivity contribution in [2.45, 2.75) is 6.04 Å². The second-order valence-electron chi connectivity index (χ2n) is 4.06. The molecule has 1 atom stereocenters. The normalized spacial score (nSPS) is 11.6. The minimum Gasteiger partial charge on any atom is -0.374 e. The zero-order valence-corrected chi connectivity index (χ0v) is 10.3. The molecule has 0 spiro atoms. The van der Waals surface area contributed by atoms with Crippen LogP contribution in [0.2, 0.25) is 0 Å². The van der Waals surface area contributed by atoms with Gasteiger partial charge in [-0.25, -0.2) is 0 Å². The van der Waals surface area contributed by atoms with Gasteiger partial charge in [-0.2, -0.15) is 0 Å². The quantitative estimate of drug-likeness (QED) is 0.743. The summed E-state index contributed by atoms with van der Waals surface area (Å²) in [6, 6.07) is 18.5. The summed E-state index contributed by atoms with van der Waals surface area (Å²) in [6.07, 6.45) is 3.77. The summed E-state index contributed by atoms with van der Waals surface area (Å²) >= 11 is 0. The Morgan fingerprint density at radius 2 is 1.56 bits per heavy atom. The van der Waals surface area contributed by atoms with Crippen LogP contribution in [-0.2, 0) is 0 Å². The lowest BCUT2D eigenvalue weighted by molar-refractivity contribution is 0.987. The third-order valence-corrected chi connectivity index (χ3v) is 2.89. The lowest BCUT2D eigenvalue weighted by Gasteiger charge is -2.18. The van der Waals surface area contributed by atoms with E-state index in [1.54, 1.807) is 0 Å². The third kappa shape index (κ3) is 2.69. The number of nitrogens with one attached hydrogen (secondary N) is 1. The van der Waals surface area contributed by atoms with Crippen molar-refractivity contribution < 1.29 is 0 Å². The van der Waals surface area contributed by atoms with Gasteiger partial charge in [-0.05, 0) is 17.2 Å². The van der Waals surface area contributed by atoms with Crippen LogP contribution in [0.5, 0.6) is 0 Å². The predicted octanol–water partition coefficient (Wildman–Crippen LogP) is 4.67. The molecule has 0 radical (unpaired) electrons. The molecular weight excluding hydrogens is 218 g/mol. The fourth-order valence-electron chi connectivity index (χ4n) is 1.91. The number of benzene rings is 2. The molecule has 0 amide bonds. The van der Waals surface area contributed by atoms with Gasteiger partial charge in [0.05, 0.1) is 6.04 Å². The van der Waals surface area contributed by atoms with Gasteiger partial charge in [0.1, 0.15) is 0 Å². The van der Waals surface area contributed by atoms with Crippen molar-refractivity contribution in [1.29, 1.82) is 0 Å². The standard InChI is InChI=1S/C17H17N/c1-3-14-10-8-9-13-17(14)18-16(4-2)15-11-6-5-7-12-15/h3-13,16,18H,1-2H2/t16-/m0/s1. The van der Waals surface area contributed by atoms with Crippen molar-refractivity contribution in [2.75, 3.05) is 5.32 Å². The molecule has 1 heteroatoms. The van der Waals surface area contributed by atoms with Gasteiger partial charge in [0.2, 0.25) is 0 Å². The maximum atomic E-state index is 3.90. The van der Waals surface area contributed by atoms with Gasteiger partial charge in [-0.3, -0.25) is 0 Å². The zero-order chi connectivity index (χ0) is 12.8. The molecule has 0 aromatic heterocycles. The minimum atomic E-state index is 0.104. The third-order valence-electron chi connectivity index (χ3n) is 2.89. The van der Waals surface area contributed by atoms with Crippen molar-refractivity contribution in [1.82, 2.24) is 0 Å². The Morgan fingerprint density at radius 3 is 2.22 bits per heavy atom. The molecule has 0 aliphatic carbocycles. The van der Waals surface area contributed by atoms with E-state index in [9.17, 15) is 0 Å². The molecule has 1 nitrogen and oxygen atoms in total. The first-order valence-electron chi connectivity index (χ1n) is 6.00.